The lowest BCUT2D eigenvalue weighted by Crippen LogP contribution is -2.30. The fourth-order valence-corrected chi connectivity index (χ4v) is 3.41. The Bertz CT molecular complexity index is 505. The maximum absolute atomic E-state index is 10.5. The van der Waals surface area contributed by atoms with Gasteiger partial charge in [0.15, 0.2) is 0 Å². The third-order valence-electron chi connectivity index (χ3n) is 4.19. The Morgan fingerprint density at radius 1 is 1.33 bits per heavy atom. The number of rotatable bonds is 0. The molecule has 1 unspecified atom stereocenters. The van der Waals surface area contributed by atoms with E-state index in [2.05, 4.69) is 32.7 Å². The second-order valence-electron chi connectivity index (χ2n) is 6.88. The van der Waals surface area contributed by atoms with Crippen LogP contribution in [0.25, 0.3) is 0 Å². The minimum absolute atomic E-state index is 0.122. The van der Waals surface area contributed by atoms with E-state index >= 15 is 0 Å². The van der Waals surface area contributed by atoms with E-state index in [1.165, 1.54) is 5.56 Å². The molecule has 1 aliphatic carbocycles. The van der Waals surface area contributed by atoms with Gasteiger partial charge in [-0.2, -0.15) is 0 Å². The first kappa shape index (κ1) is 12.1. The summed E-state index contributed by atoms with van der Waals surface area (Å²) < 4.78 is 5.83. The van der Waals surface area contributed by atoms with Gasteiger partial charge in [-0.05, 0) is 37.7 Å². The van der Waals surface area contributed by atoms with Gasteiger partial charge in [0, 0.05) is 23.0 Å². The lowest BCUT2D eigenvalue weighted by atomic mass is 9.72. The topological polar surface area (TPSA) is 42.4 Å². The van der Waals surface area contributed by atoms with E-state index in [1.807, 2.05) is 6.20 Å². The smallest absolute Gasteiger partial charge is 0.0888 e. The van der Waals surface area contributed by atoms with Gasteiger partial charge in [-0.3, -0.25) is 4.98 Å². The molecule has 18 heavy (non-hydrogen) atoms. The molecule has 3 rings (SSSR count). The molecule has 1 aliphatic heterocycles. The molecular formula is C15H21NO2. The average molecular weight is 247 g/mol. The molecule has 3 nitrogen and oxygen atoms in total. The normalized spacial score (nSPS) is 27.7. The van der Waals surface area contributed by atoms with Gasteiger partial charge >= 0.3 is 0 Å². The summed E-state index contributed by atoms with van der Waals surface area (Å²) >= 11 is 0. The van der Waals surface area contributed by atoms with Gasteiger partial charge in [-0.1, -0.05) is 13.8 Å². The molecule has 0 aromatic carbocycles. The van der Waals surface area contributed by atoms with Crippen LogP contribution in [0, 0.1) is 5.41 Å². The fraction of sp³-hybridized carbons (Fsp3) is 0.667. The van der Waals surface area contributed by atoms with E-state index in [-0.39, 0.29) is 11.0 Å². The van der Waals surface area contributed by atoms with E-state index in [0.717, 1.165) is 29.7 Å². The van der Waals surface area contributed by atoms with Crippen molar-refractivity contribution in [3.8, 4) is 0 Å². The van der Waals surface area contributed by atoms with Crippen molar-refractivity contribution in [3.05, 3.63) is 28.6 Å². The zero-order valence-electron chi connectivity index (χ0n) is 11.6. The monoisotopic (exact) mass is 247 g/mol. The summed E-state index contributed by atoms with van der Waals surface area (Å²) in [6.45, 7) is 9.14. The summed E-state index contributed by atoms with van der Waals surface area (Å²) in [6.07, 6.45) is 3.25. The second-order valence-corrected chi connectivity index (χ2v) is 6.88. The number of aliphatic hydroxyl groups excluding tert-OH is 1. The first-order valence-electron chi connectivity index (χ1n) is 6.63. The molecule has 0 saturated heterocycles. The van der Waals surface area contributed by atoms with Crippen LogP contribution >= 0.6 is 0 Å². The van der Waals surface area contributed by atoms with E-state index in [9.17, 15) is 5.11 Å². The maximum Gasteiger partial charge on any atom is 0.0888 e. The van der Waals surface area contributed by atoms with Gasteiger partial charge in [0.1, 0.15) is 0 Å². The molecule has 1 N–H and O–H groups in total. The minimum atomic E-state index is -0.410. The standard InChI is InChI=1S/C15H21NO2/c1-14(2)5-10-12(11(17)6-14)13-9(7-16-10)8-18-15(13,3)4/h7,11,17H,5-6,8H2,1-4H3. The fourth-order valence-electron chi connectivity index (χ4n) is 3.41. The van der Waals surface area contributed by atoms with Gasteiger partial charge < -0.3 is 9.84 Å². The van der Waals surface area contributed by atoms with Gasteiger partial charge in [0.25, 0.3) is 0 Å². The predicted octanol–water partition coefficient (Wildman–Crippen LogP) is 2.85. The number of hydrogen-bond acceptors (Lipinski definition) is 3. The largest absolute Gasteiger partial charge is 0.388 e. The molecule has 0 radical (unpaired) electrons. The molecule has 2 aliphatic rings. The Kier molecular flexibility index (Phi) is 2.39. The third-order valence-corrected chi connectivity index (χ3v) is 4.19. The van der Waals surface area contributed by atoms with Crippen molar-refractivity contribution in [2.45, 2.75) is 58.8 Å². The highest BCUT2D eigenvalue weighted by molar-refractivity contribution is 5.45. The zero-order chi connectivity index (χ0) is 13.1. The minimum Gasteiger partial charge on any atom is -0.388 e. The maximum atomic E-state index is 10.5. The SMILES string of the molecule is CC1(C)Cc2ncc3c(c2C(O)C1)C(C)(C)OC3. The number of fused-ring (bicyclic) bond motifs is 3. The number of nitrogens with zero attached hydrogens (tertiary/aromatic N) is 1. The van der Waals surface area contributed by atoms with Gasteiger partial charge in [0.05, 0.1) is 18.3 Å². The van der Waals surface area contributed by atoms with Gasteiger partial charge in [0.2, 0.25) is 0 Å². The third kappa shape index (κ3) is 1.69. The van der Waals surface area contributed by atoms with E-state index in [0.29, 0.717) is 6.61 Å². The molecule has 98 valence electrons. The van der Waals surface area contributed by atoms with Crippen LogP contribution < -0.4 is 0 Å². The van der Waals surface area contributed by atoms with Crippen molar-refractivity contribution in [2.75, 3.05) is 0 Å². The van der Waals surface area contributed by atoms with Crippen LogP contribution in [0.4, 0.5) is 0 Å². The molecular weight excluding hydrogens is 226 g/mol. The van der Waals surface area contributed by atoms with E-state index in [4.69, 9.17) is 4.74 Å². The Morgan fingerprint density at radius 3 is 2.78 bits per heavy atom. The van der Waals surface area contributed by atoms with Crippen molar-refractivity contribution in [3.63, 3.8) is 0 Å². The lowest BCUT2D eigenvalue weighted by molar-refractivity contribution is -0.0105. The lowest BCUT2D eigenvalue weighted by Gasteiger charge is -2.36. The van der Waals surface area contributed by atoms with Crippen molar-refractivity contribution in [2.24, 2.45) is 5.41 Å². The highest BCUT2D eigenvalue weighted by atomic mass is 16.5. The van der Waals surface area contributed by atoms with Crippen LogP contribution in [-0.4, -0.2) is 10.1 Å². The Balaban J connectivity index is 2.20. The quantitative estimate of drug-likeness (QED) is 0.766. The molecule has 0 saturated carbocycles. The van der Waals surface area contributed by atoms with Crippen LogP contribution in [0.1, 0.15) is 62.6 Å². The number of pyridine rings is 1. The summed E-state index contributed by atoms with van der Waals surface area (Å²) in [7, 11) is 0. The van der Waals surface area contributed by atoms with Crippen LogP contribution in [0.3, 0.4) is 0 Å². The molecule has 2 heterocycles. The molecule has 1 aromatic rings. The van der Waals surface area contributed by atoms with Crippen LogP contribution in [0.15, 0.2) is 6.20 Å². The van der Waals surface area contributed by atoms with E-state index in [1.54, 1.807) is 0 Å². The molecule has 1 aromatic heterocycles. The Hall–Kier alpha value is -0.930. The first-order valence-corrected chi connectivity index (χ1v) is 6.63. The summed E-state index contributed by atoms with van der Waals surface area (Å²) in [5.74, 6) is 0. The number of aromatic nitrogens is 1. The second kappa shape index (κ2) is 3.55. The Morgan fingerprint density at radius 2 is 2.06 bits per heavy atom. The summed E-state index contributed by atoms with van der Waals surface area (Å²) in [6, 6.07) is 0. The number of ether oxygens (including phenoxy) is 1. The molecule has 0 bridgehead atoms. The average Bonchev–Trinajstić information content (AvgIpc) is 2.53. The Labute approximate surface area is 108 Å². The highest BCUT2D eigenvalue weighted by Gasteiger charge is 2.41. The molecule has 0 spiro atoms. The van der Waals surface area contributed by atoms with Crippen molar-refractivity contribution < 1.29 is 9.84 Å². The van der Waals surface area contributed by atoms with Crippen molar-refractivity contribution in [1.29, 1.82) is 0 Å². The number of aliphatic hydroxyl groups is 1. The molecule has 0 amide bonds. The highest BCUT2D eigenvalue weighted by Crippen LogP contribution is 2.47. The van der Waals surface area contributed by atoms with Crippen LogP contribution in [-0.2, 0) is 23.4 Å². The van der Waals surface area contributed by atoms with Gasteiger partial charge in [-0.25, -0.2) is 0 Å². The first-order chi connectivity index (χ1) is 8.30. The van der Waals surface area contributed by atoms with Crippen molar-refractivity contribution in [1.82, 2.24) is 4.98 Å². The summed E-state index contributed by atoms with van der Waals surface area (Å²) in [4.78, 5) is 4.56. The van der Waals surface area contributed by atoms with Crippen LogP contribution in [0.5, 0.6) is 0 Å². The molecule has 3 heteroatoms. The summed E-state index contributed by atoms with van der Waals surface area (Å²) in [5.41, 5.74) is 4.22. The van der Waals surface area contributed by atoms with Gasteiger partial charge in [-0.15, -0.1) is 0 Å². The molecule has 0 fully saturated rings. The molecule has 1 atom stereocenters. The predicted molar refractivity (Wildman–Crippen MR) is 69.1 cm³/mol. The zero-order valence-corrected chi connectivity index (χ0v) is 11.6. The van der Waals surface area contributed by atoms with Crippen LogP contribution in [0.2, 0.25) is 0 Å². The number of hydrogen-bond donors (Lipinski definition) is 1. The summed E-state index contributed by atoms with van der Waals surface area (Å²) in [5, 5.41) is 10.5. The van der Waals surface area contributed by atoms with Crippen molar-refractivity contribution >= 4 is 0 Å². The van der Waals surface area contributed by atoms with E-state index < -0.39 is 6.10 Å².